The van der Waals surface area contributed by atoms with Crippen LogP contribution in [0.5, 0.6) is 0 Å². The van der Waals surface area contributed by atoms with Crippen LogP contribution in [0.1, 0.15) is 25.3 Å². The third-order valence-corrected chi connectivity index (χ3v) is 4.50. The number of carbonyl (C=O) groups excluding carboxylic acids is 1. The van der Waals surface area contributed by atoms with Gasteiger partial charge in [0.15, 0.2) is 0 Å². The van der Waals surface area contributed by atoms with Crippen molar-refractivity contribution >= 4 is 5.91 Å². The molecule has 27 heavy (non-hydrogen) atoms. The van der Waals surface area contributed by atoms with Gasteiger partial charge in [-0.15, -0.1) is 0 Å². The van der Waals surface area contributed by atoms with Crippen LogP contribution < -0.4 is 5.73 Å². The summed E-state index contributed by atoms with van der Waals surface area (Å²) < 4.78 is 1.87. The standard InChI is InChI=1S/C22H26N4O/c1-17(23)13-14-21(27)25(2)15-19-16-26(20-11-7-4-8-12-20)24-22(19)18-9-5-3-6-10-18/h3-12,16-17H,13-15,23H2,1-2H3. The maximum absolute atomic E-state index is 12.4. The Labute approximate surface area is 160 Å². The summed E-state index contributed by atoms with van der Waals surface area (Å²) in [6, 6.07) is 20.1. The Hall–Kier alpha value is -2.92. The summed E-state index contributed by atoms with van der Waals surface area (Å²) in [5.41, 5.74) is 9.72. The van der Waals surface area contributed by atoms with Gasteiger partial charge < -0.3 is 10.6 Å². The van der Waals surface area contributed by atoms with Crippen LogP contribution in [0.4, 0.5) is 0 Å². The molecule has 5 nitrogen and oxygen atoms in total. The van der Waals surface area contributed by atoms with Crippen LogP contribution >= 0.6 is 0 Å². The first-order valence-electron chi connectivity index (χ1n) is 9.23. The first-order chi connectivity index (χ1) is 13.0. The highest BCUT2D eigenvalue weighted by Crippen LogP contribution is 2.24. The van der Waals surface area contributed by atoms with E-state index in [-0.39, 0.29) is 11.9 Å². The number of aromatic nitrogens is 2. The van der Waals surface area contributed by atoms with Gasteiger partial charge in [0, 0.05) is 43.4 Å². The van der Waals surface area contributed by atoms with Crippen LogP contribution in [0.15, 0.2) is 66.9 Å². The number of hydrogen-bond donors (Lipinski definition) is 1. The van der Waals surface area contributed by atoms with E-state index in [9.17, 15) is 4.79 Å². The van der Waals surface area contributed by atoms with Crippen LogP contribution in [0, 0.1) is 0 Å². The maximum atomic E-state index is 12.4. The largest absolute Gasteiger partial charge is 0.341 e. The molecular formula is C22H26N4O. The zero-order chi connectivity index (χ0) is 19.2. The molecule has 3 aromatic rings. The molecule has 0 fully saturated rings. The smallest absolute Gasteiger partial charge is 0.222 e. The van der Waals surface area contributed by atoms with E-state index < -0.39 is 0 Å². The fourth-order valence-corrected chi connectivity index (χ4v) is 2.96. The average molecular weight is 362 g/mol. The molecule has 5 heteroatoms. The molecule has 140 valence electrons. The first-order valence-corrected chi connectivity index (χ1v) is 9.23. The predicted octanol–water partition coefficient (Wildman–Crippen LogP) is 3.63. The molecule has 0 aliphatic rings. The number of rotatable bonds is 7. The lowest BCUT2D eigenvalue weighted by Crippen LogP contribution is -2.28. The molecule has 0 aliphatic carbocycles. The molecule has 3 rings (SSSR count). The van der Waals surface area contributed by atoms with Gasteiger partial charge in [0.2, 0.25) is 5.91 Å². The van der Waals surface area contributed by atoms with Crippen molar-refractivity contribution in [2.45, 2.75) is 32.4 Å². The van der Waals surface area contributed by atoms with Gasteiger partial charge in [0.1, 0.15) is 0 Å². The molecule has 0 saturated carbocycles. The predicted molar refractivity (Wildman–Crippen MR) is 108 cm³/mol. The Kier molecular flexibility index (Phi) is 6.04. The topological polar surface area (TPSA) is 64.2 Å². The molecule has 2 aromatic carbocycles. The van der Waals surface area contributed by atoms with Gasteiger partial charge >= 0.3 is 0 Å². The SMILES string of the molecule is CC(N)CCC(=O)N(C)Cc1cn(-c2ccccc2)nc1-c1ccccc1. The number of nitrogens with two attached hydrogens (primary N) is 1. The summed E-state index contributed by atoms with van der Waals surface area (Å²) in [5, 5.41) is 4.80. The van der Waals surface area contributed by atoms with E-state index in [1.165, 1.54) is 0 Å². The van der Waals surface area contributed by atoms with Gasteiger partial charge in [-0.05, 0) is 25.5 Å². The number of nitrogens with zero attached hydrogens (tertiary/aromatic N) is 3. The first kappa shape index (κ1) is 18.9. The summed E-state index contributed by atoms with van der Waals surface area (Å²) in [7, 11) is 1.83. The minimum absolute atomic E-state index is 0.0306. The number of para-hydroxylation sites is 1. The second kappa shape index (κ2) is 8.64. The molecule has 1 atom stereocenters. The van der Waals surface area contributed by atoms with Crippen LogP contribution in [-0.2, 0) is 11.3 Å². The van der Waals surface area contributed by atoms with Gasteiger partial charge in [-0.25, -0.2) is 4.68 Å². The number of carbonyl (C=O) groups is 1. The highest BCUT2D eigenvalue weighted by atomic mass is 16.2. The van der Waals surface area contributed by atoms with Gasteiger partial charge in [0.05, 0.1) is 11.4 Å². The monoisotopic (exact) mass is 362 g/mol. The van der Waals surface area contributed by atoms with E-state index in [1.54, 1.807) is 4.90 Å². The molecule has 1 amide bonds. The normalized spacial score (nSPS) is 12.0. The van der Waals surface area contributed by atoms with E-state index in [1.807, 2.05) is 85.5 Å². The molecule has 1 heterocycles. The Balaban J connectivity index is 1.89. The highest BCUT2D eigenvalue weighted by Gasteiger charge is 2.17. The third kappa shape index (κ3) is 4.83. The Morgan fingerprint density at radius 3 is 2.37 bits per heavy atom. The third-order valence-electron chi connectivity index (χ3n) is 4.50. The average Bonchev–Trinajstić information content (AvgIpc) is 3.11. The second-order valence-electron chi connectivity index (χ2n) is 6.91. The summed E-state index contributed by atoms with van der Waals surface area (Å²) >= 11 is 0. The van der Waals surface area contributed by atoms with Crippen molar-refractivity contribution in [1.82, 2.24) is 14.7 Å². The summed E-state index contributed by atoms with van der Waals surface area (Å²) in [6.07, 6.45) is 3.16. The lowest BCUT2D eigenvalue weighted by Gasteiger charge is -2.17. The molecule has 1 unspecified atom stereocenters. The van der Waals surface area contributed by atoms with Crippen molar-refractivity contribution in [3.8, 4) is 16.9 Å². The van der Waals surface area contributed by atoms with Crippen molar-refractivity contribution in [3.63, 3.8) is 0 Å². The Morgan fingerprint density at radius 2 is 1.74 bits per heavy atom. The quantitative estimate of drug-likeness (QED) is 0.698. The zero-order valence-electron chi connectivity index (χ0n) is 15.9. The molecule has 0 bridgehead atoms. The van der Waals surface area contributed by atoms with Crippen LogP contribution in [0.25, 0.3) is 16.9 Å². The van der Waals surface area contributed by atoms with E-state index in [0.717, 1.165) is 22.5 Å². The van der Waals surface area contributed by atoms with Crippen molar-refractivity contribution in [3.05, 3.63) is 72.4 Å². The van der Waals surface area contributed by atoms with Crippen LogP contribution in [0.2, 0.25) is 0 Å². The summed E-state index contributed by atoms with van der Waals surface area (Å²) in [4.78, 5) is 14.2. The molecule has 0 spiro atoms. The maximum Gasteiger partial charge on any atom is 0.222 e. The summed E-state index contributed by atoms with van der Waals surface area (Å²) in [5.74, 6) is 0.0961. The van der Waals surface area contributed by atoms with Crippen LogP contribution in [-0.4, -0.2) is 33.7 Å². The summed E-state index contributed by atoms with van der Waals surface area (Å²) in [6.45, 7) is 2.43. The van der Waals surface area contributed by atoms with Crippen LogP contribution in [0.3, 0.4) is 0 Å². The Morgan fingerprint density at radius 1 is 1.11 bits per heavy atom. The number of amides is 1. The second-order valence-corrected chi connectivity index (χ2v) is 6.91. The molecular weight excluding hydrogens is 336 g/mol. The molecule has 0 radical (unpaired) electrons. The van der Waals surface area contributed by atoms with E-state index in [2.05, 4.69) is 0 Å². The van der Waals surface area contributed by atoms with E-state index in [0.29, 0.717) is 19.4 Å². The lowest BCUT2D eigenvalue weighted by atomic mass is 10.1. The zero-order valence-corrected chi connectivity index (χ0v) is 15.9. The van der Waals surface area contributed by atoms with Gasteiger partial charge in [-0.2, -0.15) is 5.10 Å². The minimum atomic E-state index is 0.0306. The minimum Gasteiger partial charge on any atom is -0.341 e. The fourth-order valence-electron chi connectivity index (χ4n) is 2.96. The van der Waals surface area contributed by atoms with Gasteiger partial charge in [-0.3, -0.25) is 4.79 Å². The van der Waals surface area contributed by atoms with Crippen molar-refractivity contribution in [2.24, 2.45) is 5.73 Å². The van der Waals surface area contributed by atoms with E-state index >= 15 is 0 Å². The molecule has 0 aliphatic heterocycles. The highest BCUT2D eigenvalue weighted by molar-refractivity contribution is 5.76. The Bertz CT molecular complexity index is 872. The molecule has 0 saturated heterocycles. The number of hydrogen-bond acceptors (Lipinski definition) is 3. The lowest BCUT2D eigenvalue weighted by molar-refractivity contribution is -0.130. The molecule has 2 N–H and O–H groups in total. The van der Waals surface area contributed by atoms with Crippen molar-refractivity contribution in [1.29, 1.82) is 0 Å². The fraction of sp³-hybridized carbons (Fsp3) is 0.273. The van der Waals surface area contributed by atoms with E-state index in [4.69, 9.17) is 10.8 Å². The van der Waals surface area contributed by atoms with Crippen molar-refractivity contribution in [2.75, 3.05) is 7.05 Å². The molecule has 1 aromatic heterocycles. The van der Waals surface area contributed by atoms with Crippen molar-refractivity contribution < 1.29 is 4.79 Å². The van der Waals surface area contributed by atoms with Gasteiger partial charge in [-0.1, -0.05) is 48.5 Å². The number of benzene rings is 2. The van der Waals surface area contributed by atoms with Gasteiger partial charge in [0.25, 0.3) is 0 Å².